The van der Waals surface area contributed by atoms with Gasteiger partial charge < -0.3 is 10.1 Å². The van der Waals surface area contributed by atoms with Crippen LogP contribution < -0.4 is 10.1 Å². The zero-order chi connectivity index (χ0) is 11.1. The van der Waals surface area contributed by atoms with E-state index in [2.05, 4.69) is 11.4 Å². The molecule has 1 atom stereocenters. The predicted octanol–water partition coefficient (Wildman–Crippen LogP) is 1.96. The van der Waals surface area contributed by atoms with E-state index >= 15 is 0 Å². The van der Waals surface area contributed by atoms with Crippen molar-refractivity contribution in [2.24, 2.45) is 0 Å². The quantitative estimate of drug-likeness (QED) is 0.797. The van der Waals surface area contributed by atoms with Gasteiger partial charge in [-0.05, 0) is 25.6 Å². The molecule has 0 aliphatic carbocycles. The van der Waals surface area contributed by atoms with E-state index in [-0.39, 0.29) is 0 Å². The maximum absolute atomic E-state index is 9.15. The first-order valence-corrected chi connectivity index (χ1v) is 5.06. The van der Waals surface area contributed by atoms with Crippen LogP contribution in [-0.4, -0.2) is 19.2 Å². The van der Waals surface area contributed by atoms with Crippen LogP contribution in [0.1, 0.15) is 13.3 Å². The molecule has 80 valence electrons. The number of ether oxygens (including phenoxy) is 1. The number of likely N-dealkylation sites (N-methyl/N-ethyl adjacent to an activating group) is 1. The van der Waals surface area contributed by atoms with Crippen LogP contribution in [0.3, 0.4) is 0 Å². The third-order valence-corrected chi connectivity index (χ3v) is 2.29. The number of para-hydroxylation sites is 1. The second kappa shape index (κ2) is 5.38. The third-order valence-electron chi connectivity index (χ3n) is 2.29. The SMILES string of the molecule is CCC(C#N)(CNC)Oc1ccccc1. The van der Waals surface area contributed by atoms with Gasteiger partial charge in [0.05, 0.1) is 0 Å². The molecule has 0 fully saturated rings. The molecule has 0 bridgehead atoms. The lowest BCUT2D eigenvalue weighted by Crippen LogP contribution is -2.43. The summed E-state index contributed by atoms with van der Waals surface area (Å²) in [5, 5.41) is 12.1. The average Bonchev–Trinajstić information content (AvgIpc) is 2.30. The van der Waals surface area contributed by atoms with Gasteiger partial charge in [0.2, 0.25) is 5.60 Å². The molecular formula is C12H16N2O. The van der Waals surface area contributed by atoms with Crippen molar-refractivity contribution >= 4 is 0 Å². The summed E-state index contributed by atoms with van der Waals surface area (Å²) in [5.74, 6) is 0.733. The summed E-state index contributed by atoms with van der Waals surface area (Å²) in [6.45, 7) is 2.47. The molecular weight excluding hydrogens is 188 g/mol. The second-order valence-corrected chi connectivity index (χ2v) is 3.41. The monoisotopic (exact) mass is 204 g/mol. The van der Waals surface area contributed by atoms with Gasteiger partial charge in [0.15, 0.2) is 0 Å². The fourth-order valence-corrected chi connectivity index (χ4v) is 1.37. The van der Waals surface area contributed by atoms with Gasteiger partial charge in [0.1, 0.15) is 11.8 Å². The van der Waals surface area contributed by atoms with Crippen molar-refractivity contribution < 1.29 is 4.74 Å². The molecule has 3 heteroatoms. The molecule has 15 heavy (non-hydrogen) atoms. The smallest absolute Gasteiger partial charge is 0.206 e. The van der Waals surface area contributed by atoms with Crippen LogP contribution in [0.25, 0.3) is 0 Å². The number of nitriles is 1. The van der Waals surface area contributed by atoms with Gasteiger partial charge in [-0.15, -0.1) is 0 Å². The van der Waals surface area contributed by atoms with Crippen molar-refractivity contribution in [1.82, 2.24) is 5.32 Å². The van der Waals surface area contributed by atoms with Crippen LogP contribution in [0, 0.1) is 11.3 Å². The molecule has 1 aromatic carbocycles. The molecule has 1 unspecified atom stereocenters. The minimum atomic E-state index is -0.768. The number of nitrogens with one attached hydrogen (secondary N) is 1. The van der Waals surface area contributed by atoms with E-state index in [0.29, 0.717) is 13.0 Å². The standard InChI is InChI=1S/C12H16N2O/c1-3-12(9-13,10-14-2)15-11-7-5-4-6-8-11/h4-8,14H,3,10H2,1-2H3. The summed E-state index contributed by atoms with van der Waals surface area (Å²) in [4.78, 5) is 0. The van der Waals surface area contributed by atoms with Crippen LogP contribution >= 0.6 is 0 Å². The fourth-order valence-electron chi connectivity index (χ4n) is 1.37. The van der Waals surface area contributed by atoms with Crippen molar-refractivity contribution in [2.75, 3.05) is 13.6 Å². The maximum Gasteiger partial charge on any atom is 0.206 e. The molecule has 0 saturated heterocycles. The minimum absolute atomic E-state index is 0.523. The van der Waals surface area contributed by atoms with Crippen molar-refractivity contribution in [3.8, 4) is 11.8 Å². The molecule has 0 amide bonds. The Morgan fingerprint density at radius 1 is 1.40 bits per heavy atom. The van der Waals surface area contributed by atoms with Crippen LogP contribution in [0.4, 0.5) is 0 Å². The first-order chi connectivity index (χ1) is 7.26. The van der Waals surface area contributed by atoms with E-state index < -0.39 is 5.60 Å². The van der Waals surface area contributed by atoms with Gasteiger partial charge in [0, 0.05) is 6.54 Å². The Balaban J connectivity index is 2.80. The first kappa shape index (κ1) is 11.5. The molecule has 0 radical (unpaired) electrons. The lowest BCUT2D eigenvalue weighted by molar-refractivity contribution is 0.124. The predicted molar refractivity (Wildman–Crippen MR) is 59.6 cm³/mol. The Kier molecular flexibility index (Phi) is 4.14. The first-order valence-electron chi connectivity index (χ1n) is 5.06. The third kappa shape index (κ3) is 2.97. The zero-order valence-corrected chi connectivity index (χ0v) is 9.16. The zero-order valence-electron chi connectivity index (χ0n) is 9.16. The highest BCUT2D eigenvalue weighted by molar-refractivity contribution is 5.24. The van der Waals surface area contributed by atoms with E-state index in [0.717, 1.165) is 5.75 Å². The maximum atomic E-state index is 9.15. The van der Waals surface area contributed by atoms with Gasteiger partial charge in [-0.1, -0.05) is 25.1 Å². The van der Waals surface area contributed by atoms with E-state index in [1.807, 2.05) is 44.3 Å². The molecule has 0 aliphatic rings. The van der Waals surface area contributed by atoms with Gasteiger partial charge in [-0.25, -0.2) is 0 Å². The van der Waals surface area contributed by atoms with Crippen LogP contribution in [0.2, 0.25) is 0 Å². The largest absolute Gasteiger partial charge is 0.471 e. The van der Waals surface area contributed by atoms with E-state index in [4.69, 9.17) is 10.00 Å². The Morgan fingerprint density at radius 3 is 2.53 bits per heavy atom. The van der Waals surface area contributed by atoms with Gasteiger partial charge >= 0.3 is 0 Å². The highest BCUT2D eigenvalue weighted by Crippen LogP contribution is 2.20. The molecule has 1 rings (SSSR count). The normalized spacial score (nSPS) is 13.9. The fraction of sp³-hybridized carbons (Fsp3) is 0.417. The molecule has 1 aromatic rings. The highest BCUT2D eigenvalue weighted by Gasteiger charge is 2.29. The summed E-state index contributed by atoms with van der Waals surface area (Å²) in [5.41, 5.74) is -0.768. The number of hydrogen-bond acceptors (Lipinski definition) is 3. The number of nitrogens with zero attached hydrogens (tertiary/aromatic N) is 1. The average molecular weight is 204 g/mol. The Hall–Kier alpha value is -1.53. The van der Waals surface area contributed by atoms with Crippen LogP contribution in [0.15, 0.2) is 30.3 Å². The molecule has 0 saturated carbocycles. The van der Waals surface area contributed by atoms with Crippen LogP contribution in [0.5, 0.6) is 5.75 Å². The van der Waals surface area contributed by atoms with E-state index in [1.54, 1.807) is 0 Å². The number of benzene rings is 1. The van der Waals surface area contributed by atoms with Gasteiger partial charge in [-0.3, -0.25) is 0 Å². The van der Waals surface area contributed by atoms with Gasteiger partial charge in [0.25, 0.3) is 0 Å². The van der Waals surface area contributed by atoms with Crippen molar-refractivity contribution in [1.29, 1.82) is 5.26 Å². The van der Waals surface area contributed by atoms with E-state index in [1.165, 1.54) is 0 Å². The van der Waals surface area contributed by atoms with E-state index in [9.17, 15) is 0 Å². The summed E-state index contributed by atoms with van der Waals surface area (Å²) in [6.07, 6.45) is 0.652. The lowest BCUT2D eigenvalue weighted by atomic mass is 10.0. The molecule has 0 aliphatic heterocycles. The topological polar surface area (TPSA) is 45.0 Å². The van der Waals surface area contributed by atoms with Crippen molar-refractivity contribution in [3.05, 3.63) is 30.3 Å². The Labute approximate surface area is 90.7 Å². The minimum Gasteiger partial charge on any atom is -0.471 e. The highest BCUT2D eigenvalue weighted by atomic mass is 16.5. The van der Waals surface area contributed by atoms with Crippen molar-refractivity contribution in [2.45, 2.75) is 18.9 Å². The molecule has 3 nitrogen and oxygen atoms in total. The summed E-state index contributed by atoms with van der Waals surface area (Å²) < 4.78 is 5.72. The molecule has 0 heterocycles. The Bertz CT molecular complexity index is 331. The number of hydrogen-bond donors (Lipinski definition) is 1. The summed E-state index contributed by atoms with van der Waals surface area (Å²) >= 11 is 0. The molecule has 0 spiro atoms. The van der Waals surface area contributed by atoms with Gasteiger partial charge in [-0.2, -0.15) is 5.26 Å². The summed E-state index contributed by atoms with van der Waals surface area (Å²) in [7, 11) is 1.82. The second-order valence-electron chi connectivity index (χ2n) is 3.41. The summed E-state index contributed by atoms with van der Waals surface area (Å²) in [6, 6.07) is 11.7. The molecule has 0 aromatic heterocycles. The molecule has 1 N–H and O–H groups in total. The van der Waals surface area contributed by atoms with Crippen molar-refractivity contribution in [3.63, 3.8) is 0 Å². The number of rotatable bonds is 5. The Morgan fingerprint density at radius 2 is 2.07 bits per heavy atom. The van der Waals surface area contributed by atoms with Crippen LogP contribution in [-0.2, 0) is 0 Å². The lowest BCUT2D eigenvalue weighted by Gasteiger charge is -2.26.